The Labute approximate surface area is 171 Å². The van der Waals surface area contributed by atoms with Gasteiger partial charge in [0.05, 0.1) is 25.9 Å². The third kappa shape index (κ3) is 4.05. The molecule has 0 amide bonds. The number of aromatic amines is 1. The second kappa shape index (κ2) is 8.97. The molecular weight excluding hydrogens is 366 g/mol. The summed E-state index contributed by atoms with van der Waals surface area (Å²) in [6.45, 7) is 5.82. The second-order valence-electron chi connectivity index (χ2n) is 7.02. The molecule has 3 aromatic rings. The molecule has 3 rings (SSSR count). The third-order valence-corrected chi connectivity index (χ3v) is 5.29. The molecule has 1 heterocycles. The van der Waals surface area contributed by atoms with Crippen LogP contribution in [-0.2, 0) is 4.74 Å². The lowest BCUT2D eigenvalue weighted by Crippen LogP contribution is -2.06. The van der Waals surface area contributed by atoms with E-state index in [1.54, 1.807) is 19.2 Å². The molecule has 2 aromatic carbocycles. The Morgan fingerprint density at radius 1 is 1.21 bits per heavy atom. The smallest absolute Gasteiger partial charge is 0.337 e. The minimum atomic E-state index is -0.708. The molecule has 0 aliphatic carbocycles. The van der Waals surface area contributed by atoms with Gasteiger partial charge in [-0.05, 0) is 41.8 Å². The van der Waals surface area contributed by atoms with E-state index in [1.807, 2.05) is 30.5 Å². The highest BCUT2D eigenvalue weighted by atomic mass is 16.5. The maximum absolute atomic E-state index is 11.9. The molecule has 29 heavy (non-hydrogen) atoms. The number of ether oxygens (including phenoxy) is 2. The number of carbonyl (C=O) groups excluding carboxylic acids is 1. The van der Waals surface area contributed by atoms with Crippen molar-refractivity contribution in [3.63, 3.8) is 0 Å². The van der Waals surface area contributed by atoms with Gasteiger partial charge >= 0.3 is 5.97 Å². The molecule has 0 aliphatic rings. The van der Waals surface area contributed by atoms with Gasteiger partial charge in [0.15, 0.2) is 0 Å². The molecule has 0 spiro atoms. The monoisotopic (exact) mass is 393 g/mol. The number of aliphatic hydroxyl groups excluding tert-OH is 1. The lowest BCUT2D eigenvalue weighted by molar-refractivity contribution is 0.0600. The van der Waals surface area contributed by atoms with Crippen molar-refractivity contribution in [2.24, 2.45) is 0 Å². The number of H-pyrrole nitrogens is 1. The third-order valence-electron chi connectivity index (χ3n) is 5.29. The maximum Gasteiger partial charge on any atom is 0.337 e. The Morgan fingerprint density at radius 3 is 2.66 bits per heavy atom. The van der Waals surface area contributed by atoms with E-state index < -0.39 is 12.1 Å². The molecule has 0 saturated heterocycles. The fraction of sp³-hybridized carbons (Fsp3) is 0.292. The molecule has 1 aromatic heterocycles. The van der Waals surface area contributed by atoms with Gasteiger partial charge in [-0.1, -0.05) is 31.6 Å². The highest BCUT2D eigenvalue weighted by molar-refractivity contribution is 5.90. The number of nitrogens with one attached hydrogen (secondary N) is 1. The van der Waals surface area contributed by atoms with Crippen LogP contribution in [0.2, 0.25) is 0 Å². The summed E-state index contributed by atoms with van der Waals surface area (Å²) >= 11 is 0. The zero-order chi connectivity index (χ0) is 21.0. The van der Waals surface area contributed by atoms with E-state index >= 15 is 0 Å². The van der Waals surface area contributed by atoms with Gasteiger partial charge in [0.1, 0.15) is 5.75 Å². The van der Waals surface area contributed by atoms with Crippen LogP contribution in [0.15, 0.2) is 55.3 Å². The van der Waals surface area contributed by atoms with Crippen LogP contribution in [-0.4, -0.2) is 30.3 Å². The number of esters is 1. The van der Waals surface area contributed by atoms with Gasteiger partial charge in [0.25, 0.3) is 0 Å². The van der Waals surface area contributed by atoms with E-state index in [9.17, 15) is 9.90 Å². The zero-order valence-corrected chi connectivity index (χ0v) is 17.1. The highest BCUT2D eigenvalue weighted by Gasteiger charge is 2.22. The molecule has 152 valence electrons. The number of rotatable bonds is 8. The van der Waals surface area contributed by atoms with E-state index in [0.29, 0.717) is 11.3 Å². The predicted molar refractivity (Wildman–Crippen MR) is 115 cm³/mol. The predicted octanol–water partition coefficient (Wildman–Crippen LogP) is 5.11. The van der Waals surface area contributed by atoms with Crippen molar-refractivity contribution in [3.8, 4) is 5.75 Å². The van der Waals surface area contributed by atoms with Crippen molar-refractivity contribution >= 4 is 16.9 Å². The van der Waals surface area contributed by atoms with E-state index in [2.05, 4.69) is 18.5 Å². The number of carbonyl (C=O) groups is 1. The second-order valence-corrected chi connectivity index (χ2v) is 7.02. The first-order valence-electron chi connectivity index (χ1n) is 9.71. The lowest BCUT2D eigenvalue weighted by Gasteiger charge is -2.20. The Bertz CT molecular complexity index is 1020. The fourth-order valence-electron chi connectivity index (χ4n) is 3.78. The Hall–Kier alpha value is -3.05. The normalized spacial score (nSPS) is 13.1. The zero-order valence-electron chi connectivity index (χ0n) is 17.1. The van der Waals surface area contributed by atoms with Crippen LogP contribution in [0.5, 0.6) is 5.75 Å². The highest BCUT2D eigenvalue weighted by Crippen LogP contribution is 2.39. The van der Waals surface area contributed by atoms with Crippen LogP contribution in [0, 0.1) is 0 Å². The minimum absolute atomic E-state index is 0.0755. The van der Waals surface area contributed by atoms with Crippen molar-refractivity contribution in [2.75, 3.05) is 14.2 Å². The van der Waals surface area contributed by atoms with Crippen molar-refractivity contribution in [2.45, 2.75) is 31.8 Å². The Morgan fingerprint density at radius 2 is 2.00 bits per heavy atom. The van der Waals surface area contributed by atoms with Crippen LogP contribution in [0.25, 0.3) is 10.9 Å². The summed E-state index contributed by atoms with van der Waals surface area (Å²) in [6.07, 6.45) is 4.72. The molecule has 2 atom stereocenters. The molecule has 0 saturated carbocycles. The first-order valence-corrected chi connectivity index (χ1v) is 9.71. The average molecular weight is 393 g/mol. The summed E-state index contributed by atoms with van der Waals surface area (Å²) < 4.78 is 10.5. The van der Waals surface area contributed by atoms with Gasteiger partial charge in [0.2, 0.25) is 0 Å². The summed E-state index contributed by atoms with van der Waals surface area (Å²) in [7, 11) is 2.97. The first kappa shape index (κ1) is 20.7. The SMILES string of the molecule is C=CC(O)c1ccc2[nH]cc(C(CCC)c3ccc(C(=O)OC)cc3OC)c2c1. The molecule has 2 N–H and O–H groups in total. The minimum Gasteiger partial charge on any atom is -0.496 e. The van der Waals surface area contributed by atoms with Crippen molar-refractivity contribution < 1.29 is 19.4 Å². The van der Waals surface area contributed by atoms with Gasteiger partial charge in [0, 0.05) is 28.6 Å². The number of aromatic nitrogens is 1. The summed E-state index contributed by atoms with van der Waals surface area (Å²) in [4.78, 5) is 15.2. The van der Waals surface area contributed by atoms with Gasteiger partial charge in [-0.2, -0.15) is 0 Å². The molecule has 0 radical (unpaired) electrons. The average Bonchev–Trinajstić information content (AvgIpc) is 3.18. The summed E-state index contributed by atoms with van der Waals surface area (Å²) in [5.41, 5.74) is 4.41. The van der Waals surface area contributed by atoms with Crippen molar-refractivity contribution in [1.82, 2.24) is 4.98 Å². The molecule has 2 unspecified atom stereocenters. The van der Waals surface area contributed by atoms with Gasteiger partial charge in [-0.3, -0.25) is 0 Å². The first-order chi connectivity index (χ1) is 14.0. The van der Waals surface area contributed by atoms with Crippen LogP contribution in [0.1, 0.15) is 58.8 Å². The van der Waals surface area contributed by atoms with Crippen molar-refractivity contribution in [1.29, 1.82) is 0 Å². The van der Waals surface area contributed by atoms with Crippen LogP contribution in [0.3, 0.4) is 0 Å². The summed E-state index contributed by atoms with van der Waals surface area (Å²) in [5.74, 6) is 0.339. The molecule has 0 bridgehead atoms. The quantitative estimate of drug-likeness (QED) is 0.412. The van der Waals surface area contributed by atoms with Gasteiger partial charge in [-0.15, -0.1) is 6.58 Å². The van der Waals surface area contributed by atoms with Crippen LogP contribution >= 0.6 is 0 Å². The number of hydrogen-bond acceptors (Lipinski definition) is 4. The lowest BCUT2D eigenvalue weighted by atomic mass is 9.86. The van der Waals surface area contributed by atoms with E-state index in [1.165, 1.54) is 13.2 Å². The number of benzene rings is 2. The topological polar surface area (TPSA) is 71.5 Å². The number of aliphatic hydroxyl groups is 1. The molecule has 5 nitrogen and oxygen atoms in total. The Kier molecular flexibility index (Phi) is 6.39. The van der Waals surface area contributed by atoms with E-state index in [-0.39, 0.29) is 5.92 Å². The van der Waals surface area contributed by atoms with E-state index in [0.717, 1.165) is 40.4 Å². The fourth-order valence-corrected chi connectivity index (χ4v) is 3.78. The van der Waals surface area contributed by atoms with Crippen molar-refractivity contribution in [3.05, 3.63) is 77.5 Å². The molecule has 0 aliphatic heterocycles. The number of fused-ring (bicyclic) bond motifs is 1. The standard InChI is InChI=1S/C24H27NO4/c1-5-7-17(18-10-8-16(24(27)29-4)13-23(18)28-3)20-14-25-21-11-9-15(12-19(20)21)22(26)6-2/h6,8-14,17,22,25-26H,2,5,7H2,1,3-4H3. The Balaban J connectivity index is 2.13. The largest absolute Gasteiger partial charge is 0.496 e. The number of hydrogen-bond donors (Lipinski definition) is 2. The van der Waals surface area contributed by atoms with Gasteiger partial charge in [-0.25, -0.2) is 4.79 Å². The van der Waals surface area contributed by atoms with Crippen LogP contribution < -0.4 is 4.74 Å². The number of methoxy groups -OCH3 is 2. The molecule has 0 fully saturated rings. The van der Waals surface area contributed by atoms with Gasteiger partial charge < -0.3 is 19.6 Å². The molecule has 5 heteroatoms. The maximum atomic E-state index is 11.9. The van der Waals surface area contributed by atoms with E-state index in [4.69, 9.17) is 9.47 Å². The summed E-state index contributed by atoms with van der Waals surface area (Å²) in [6, 6.07) is 11.3. The summed E-state index contributed by atoms with van der Waals surface area (Å²) in [5, 5.41) is 11.2. The molecular formula is C24H27NO4. The van der Waals surface area contributed by atoms with Crippen LogP contribution in [0.4, 0.5) is 0 Å².